The van der Waals surface area contributed by atoms with Crippen LogP contribution in [0.4, 0.5) is 0 Å². The van der Waals surface area contributed by atoms with Crippen molar-refractivity contribution in [3.05, 3.63) is 10.4 Å². The van der Waals surface area contributed by atoms with Crippen molar-refractivity contribution in [3.8, 4) is 0 Å². The minimum Gasteiger partial charge on any atom is -0.692 e. The highest BCUT2D eigenvalue weighted by atomic mass is 16.7. The van der Waals surface area contributed by atoms with E-state index >= 15 is 0 Å². The lowest BCUT2D eigenvalue weighted by Crippen LogP contribution is -2.76. The van der Waals surface area contributed by atoms with Crippen LogP contribution in [0.5, 0.6) is 0 Å². The third kappa shape index (κ3) is 4.43. The zero-order valence-corrected chi connectivity index (χ0v) is 11.9. The number of carboxylic acid groups (broad SMARTS) is 2. The molecule has 0 fully saturated rings. The van der Waals surface area contributed by atoms with E-state index in [4.69, 9.17) is 20.8 Å². The van der Waals surface area contributed by atoms with Crippen LogP contribution in [-0.2, 0) is 9.59 Å². The zero-order valence-electron chi connectivity index (χ0n) is 11.9. The summed E-state index contributed by atoms with van der Waals surface area (Å²) in [5, 5.41) is 94.1. The van der Waals surface area contributed by atoms with E-state index in [1.807, 2.05) is 0 Å². The summed E-state index contributed by atoms with van der Waals surface area (Å²) in [7, 11) is 0. The lowest BCUT2D eigenvalue weighted by atomic mass is 10.4. The number of hydrogen-bond acceptors (Lipinski definition) is 18. The number of rotatable bonds is 4. The highest BCUT2D eigenvalue weighted by molar-refractivity contribution is 5.75. The fraction of sp³-hybridized carbons (Fsp3) is 0.500. The Labute approximate surface area is 138 Å². The second-order valence-corrected chi connectivity index (χ2v) is 3.38. The molecule has 8 N–H and O–H groups in total. The van der Waals surface area contributed by atoms with Crippen molar-refractivity contribution in [1.82, 2.24) is 0 Å². The van der Waals surface area contributed by atoms with Crippen LogP contribution in [0.3, 0.4) is 0 Å². The van der Waals surface area contributed by atoms with Gasteiger partial charge in [-0.15, -0.1) is 9.72 Å². The van der Waals surface area contributed by atoms with E-state index in [0.717, 1.165) is 0 Å². The maximum Gasteiger partial charge on any atom is 0.417 e. The summed E-state index contributed by atoms with van der Waals surface area (Å²) in [6.07, 6.45) is 0. The highest BCUT2D eigenvalue weighted by Gasteiger charge is 2.51. The molecule has 26 heavy (non-hydrogen) atoms. The van der Waals surface area contributed by atoms with Crippen LogP contribution in [0.25, 0.3) is 0 Å². The van der Waals surface area contributed by atoms with Crippen LogP contribution in [0.1, 0.15) is 0 Å². The molecule has 2 heterocycles. The Balaban J connectivity index is 0.000000918. The van der Waals surface area contributed by atoms with E-state index in [2.05, 4.69) is 41.4 Å². The number of hydrogen-bond donors (Lipinski definition) is 6. The molecule has 2 unspecified atom stereocenters. The van der Waals surface area contributed by atoms with Crippen molar-refractivity contribution in [2.24, 2.45) is 41.4 Å². The molecular formula is C4H8N12O10. The molecule has 0 spiro atoms. The van der Waals surface area contributed by atoms with Crippen LogP contribution < -0.4 is 21.5 Å². The average molecular weight is 384 g/mol. The number of carboxylic acids is 2. The van der Waals surface area contributed by atoms with Crippen molar-refractivity contribution < 1.29 is 61.6 Å². The van der Waals surface area contributed by atoms with Crippen LogP contribution in [0, 0.1) is 10.4 Å². The first-order valence-electron chi connectivity index (χ1n) is 5.46. The maximum absolute atomic E-state index is 11.2. The Kier molecular flexibility index (Phi) is 8.20. The lowest BCUT2D eigenvalue weighted by molar-refractivity contribution is -1.06. The summed E-state index contributed by atoms with van der Waals surface area (Å²) in [5.41, 5.74) is 0. The quantitative estimate of drug-likeness (QED) is 0.115. The fourth-order valence-electron chi connectivity index (χ4n) is 1.01. The summed E-state index contributed by atoms with van der Waals surface area (Å²) in [6, 6.07) is 0. The van der Waals surface area contributed by atoms with Gasteiger partial charge in [0, 0.05) is 10.2 Å². The summed E-state index contributed by atoms with van der Waals surface area (Å²) in [5.74, 6) is -10.7. The largest absolute Gasteiger partial charge is 0.692 e. The van der Waals surface area contributed by atoms with Gasteiger partial charge in [-0.05, 0) is 0 Å². The van der Waals surface area contributed by atoms with Gasteiger partial charge in [-0.25, -0.2) is 0 Å². The predicted molar refractivity (Wildman–Crippen MR) is 53.2 cm³/mol. The molecule has 144 valence electrons. The van der Waals surface area contributed by atoms with Crippen molar-refractivity contribution in [3.63, 3.8) is 0 Å². The Morgan fingerprint density at radius 2 is 1.08 bits per heavy atom. The summed E-state index contributed by atoms with van der Waals surface area (Å²) < 4.78 is 0. The second-order valence-electron chi connectivity index (χ2n) is 3.38. The van der Waals surface area contributed by atoms with E-state index in [-0.39, 0.29) is 11.3 Å². The Morgan fingerprint density at radius 3 is 1.23 bits per heavy atom. The van der Waals surface area contributed by atoms with E-state index in [1.165, 1.54) is 0 Å². The minimum atomic E-state index is -3.11. The number of carbonyl (C=O) groups is 2. The van der Waals surface area contributed by atoms with Crippen molar-refractivity contribution in [2.45, 2.75) is 11.6 Å². The lowest BCUT2D eigenvalue weighted by Gasteiger charge is -2.22. The van der Waals surface area contributed by atoms with Gasteiger partial charge < -0.3 is 30.2 Å². The van der Waals surface area contributed by atoms with Gasteiger partial charge in [0.05, 0.1) is 0 Å². The van der Waals surface area contributed by atoms with Gasteiger partial charge in [-0.1, -0.05) is 21.5 Å². The number of nitrogens with two attached hydrogens (primary N) is 2. The smallest absolute Gasteiger partial charge is 0.417 e. The van der Waals surface area contributed by atoms with E-state index in [0.29, 0.717) is 0 Å². The van der Waals surface area contributed by atoms with Crippen LogP contribution in [-0.4, -0.2) is 54.1 Å². The van der Waals surface area contributed by atoms with E-state index in [9.17, 15) is 30.2 Å². The normalized spacial score (nSPS) is 25.7. The van der Waals surface area contributed by atoms with Crippen molar-refractivity contribution >= 4 is 11.9 Å². The average Bonchev–Trinajstić information content (AvgIpc) is 3.11. The topological polar surface area (TPSA) is 345 Å². The molecule has 22 heteroatoms. The molecule has 2 aliphatic rings. The number of quaternary nitrogens is 2. The van der Waals surface area contributed by atoms with Gasteiger partial charge in [0.15, 0.2) is 10.4 Å². The molecule has 0 bridgehead atoms. The molecule has 2 rings (SSSR count). The number of azo groups is 1. The van der Waals surface area contributed by atoms with Gasteiger partial charge in [-0.3, -0.25) is 0 Å². The molecule has 0 saturated heterocycles. The zero-order chi connectivity index (χ0) is 20.4. The molecule has 0 aromatic heterocycles. The van der Waals surface area contributed by atoms with Crippen LogP contribution in [0.15, 0.2) is 41.4 Å². The van der Waals surface area contributed by atoms with Crippen molar-refractivity contribution in [1.29, 1.82) is 0 Å². The van der Waals surface area contributed by atoms with Gasteiger partial charge in [0.1, 0.15) is 11.9 Å². The first-order chi connectivity index (χ1) is 12.2. The first kappa shape index (κ1) is 22.3. The Hall–Kier alpha value is -3.70. The van der Waals surface area contributed by atoms with E-state index < -0.39 is 33.2 Å². The van der Waals surface area contributed by atoms with Gasteiger partial charge in [0.25, 0.3) is 0 Å². The number of carbonyl (C=O) groups excluding carboxylic acids is 2. The van der Waals surface area contributed by atoms with Crippen LogP contribution >= 0.6 is 0 Å². The number of nitrogens with zero attached hydrogens (tertiary/aromatic N) is 10. The van der Waals surface area contributed by atoms with Crippen LogP contribution in [0.2, 0.25) is 0 Å². The molecule has 2 atom stereocenters. The number of hydroxylamine groups is 2. The second kappa shape index (κ2) is 9.56. The molecule has 0 aromatic rings. The first-order valence-corrected chi connectivity index (χ1v) is 5.46. The van der Waals surface area contributed by atoms with Gasteiger partial charge in [0.2, 0.25) is 10.4 Å². The molecule has 0 radical (unpaired) electrons. The Bertz CT molecular complexity index is 615. The minimum absolute atomic E-state index is 0. The molecule has 0 saturated carbocycles. The molecular weight excluding hydrogens is 376 g/mol. The molecule has 0 amide bonds. The monoisotopic (exact) mass is 384 g/mol. The summed E-state index contributed by atoms with van der Waals surface area (Å²) >= 11 is 0. The SMILES string of the molecule is O=C([O-])C1(N=NC2(C(=O)[O-])N=NN=[N+]2[O-])N=NN=[N+]1[O-].O[NH2+]O.O[NH2+]O. The Morgan fingerprint density at radius 1 is 0.808 bits per heavy atom. The highest BCUT2D eigenvalue weighted by Crippen LogP contribution is 2.26. The van der Waals surface area contributed by atoms with Gasteiger partial charge >= 0.3 is 11.6 Å². The third-order valence-corrected chi connectivity index (χ3v) is 2.02. The predicted octanol–water partition coefficient (Wildman–Crippen LogP) is -6.41. The summed E-state index contributed by atoms with van der Waals surface area (Å²) in [6.45, 7) is 0. The van der Waals surface area contributed by atoms with Crippen molar-refractivity contribution in [2.75, 3.05) is 0 Å². The molecule has 0 aromatic carbocycles. The maximum atomic E-state index is 11.2. The molecule has 22 nitrogen and oxygen atoms in total. The molecule has 2 aliphatic heterocycles. The van der Waals surface area contributed by atoms with E-state index in [1.54, 1.807) is 0 Å². The third-order valence-electron chi connectivity index (χ3n) is 2.02. The standard InChI is InChI=1S/C4H2N10O6.2H4NO2/c15-1(16)3(7-9-11-13(3)19)5-6-4(2(17)18)8-10-12-14(4)20;2*2-1-3/h(H,15,16)(H,17,18);2*2-3H,1H2/q;2*+1/p-2. The molecule has 0 aliphatic carbocycles. The number of aliphatic carboxylic acids is 2. The van der Waals surface area contributed by atoms with Gasteiger partial charge in [-0.2, -0.15) is 20.8 Å². The summed E-state index contributed by atoms with van der Waals surface area (Å²) in [4.78, 5) is 20.4. The fourth-order valence-corrected chi connectivity index (χ4v) is 1.01.